The Hall–Kier alpha value is -2.82. The molecule has 2 aromatic rings. The van der Waals surface area contributed by atoms with E-state index in [-0.39, 0.29) is 4.90 Å². The van der Waals surface area contributed by atoms with E-state index in [1.807, 2.05) is 0 Å². The highest BCUT2D eigenvalue weighted by molar-refractivity contribution is 7.89. The molecule has 0 radical (unpaired) electrons. The summed E-state index contributed by atoms with van der Waals surface area (Å²) in [6.45, 7) is 2.93. The molecule has 184 valence electrons. The second-order valence-corrected chi connectivity index (χ2v) is 10.2. The van der Waals surface area contributed by atoms with Crippen molar-refractivity contribution in [3.8, 4) is 11.5 Å². The van der Waals surface area contributed by atoms with Crippen molar-refractivity contribution in [2.45, 2.75) is 24.2 Å². The van der Waals surface area contributed by atoms with E-state index < -0.39 is 15.9 Å². The molecule has 2 saturated heterocycles. The van der Waals surface area contributed by atoms with Crippen LogP contribution in [-0.2, 0) is 14.8 Å². The number of rotatable bonds is 7. The lowest BCUT2D eigenvalue weighted by Gasteiger charge is -2.31. The Balaban J connectivity index is 1.72. The highest BCUT2D eigenvalue weighted by Crippen LogP contribution is 2.32. The van der Waals surface area contributed by atoms with E-state index in [1.165, 1.54) is 17.5 Å². The minimum Gasteiger partial charge on any atom is -0.497 e. The Bertz CT molecular complexity index is 1130. The summed E-state index contributed by atoms with van der Waals surface area (Å²) in [7, 11) is -0.688. The van der Waals surface area contributed by atoms with Gasteiger partial charge in [0.1, 0.15) is 11.5 Å². The molecule has 2 aliphatic heterocycles. The Kier molecular flexibility index (Phi) is 7.60. The lowest BCUT2D eigenvalue weighted by Crippen LogP contribution is -2.40. The molecule has 0 saturated carbocycles. The van der Waals surface area contributed by atoms with E-state index in [9.17, 15) is 13.2 Å². The Labute approximate surface area is 200 Å². The van der Waals surface area contributed by atoms with Gasteiger partial charge in [-0.15, -0.1) is 0 Å². The molecule has 1 N–H and O–H groups in total. The van der Waals surface area contributed by atoms with Gasteiger partial charge in [0.05, 0.1) is 43.6 Å². The third kappa shape index (κ3) is 5.13. The lowest BCUT2D eigenvalue weighted by molar-refractivity contribution is 0.0730. The number of hydrogen-bond acceptors (Lipinski definition) is 7. The first-order valence-corrected chi connectivity index (χ1v) is 12.9. The van der Waals surface area contributed by atoms with E-state index in [1.54, 1.807) is 37.4 Å². The van der Waals surface area contributed by atoms with Gasteiger partial charge in [-0.25, -0.2) is 8.42 Å². The summed E-state index contributed by atoms with van der Waals surface area (Å²) in [5, 5.41) is 2.89. The van der Waals surface area contributed by atoms with E-state index in [0.29, 0.717) is 49.1 Å². The van der Waals surface area contributed by atoms with Crippen LogP contribution in [0, 0.1) is 0 Å². The molecule has 34 heavy (non-hydrogen) atoms. The molecule has 2 fully saturated rings. The molecule has 0 spiro atoms. The van der Waals surface area contributed by atoms with Crippen molar-refractivity contribution in [3.63, 3.8) is 0 Å². The summed E-state index contributed by atoms with van der Waals surface area (Å²) in [5.74, 6) is 0.632. The molecular formula is C24H31N3O6S. The normalized spacial score (nSPS) is 17.3. The fraction of sp³-hybridized carbons (Fsp3) is 0.458. The number of amides is 1. The number of methoxy groups -OCH3 is 2. The molecule has 2 aromatic carbocycles. The van der Waals surface area contributed by atoms with E-state index in [2.05, 4.69) is 10.2 Å². The third-order valence-corrected chi connectivity index (χ3v) is 8.07. The van der Waals surface area contributed by atoms with Crippen LogP contribution in [-0.4, -0.2) is 72.2 Å². The van der Waals surface area contributed by atoms with Crippen LogP contribution >= 0.6 is 0 Å². The number of piperidine rings is 1. The predicted molar refractivity (Wildman–Crippen MR) is 130 cm³/mol. The standard InChI is InChI=1S/C24H31N3O6S/c1-31-18-6-9-23(32-2)21(16-18)25-24(28)20-17-19(34(29,30)27-12-14-33-15-13-27)7-8-22(20)26-10-4-3-5-11-26/h6-9,16-17H,3-5,10-15H2,1-2H3,(H,25,28). The number of sulfonamides is 1. The van der Waals surface area contributed by atoms with Gasteiger partial charge in [0.15, 0.2) is 0 Å². The van der Waals surface area contributed by atoms with Gasteiger partial charge in [-0.05, 0) is 49.6 Å². The molecule has 2 heterocycles. The van der Waals surface area contributed by atoms with Crippen LogP contribution in [0.2, 0.25) is 0 Å². The molecule has 9 nitrogen and oxygen atoms in total. The number of anilines is 2. The van der Waals surface area contributed by atoms with Crippen LogP contribution in [0.5, 0.6) is 11.5 Å². The second kappa shape index (κ2) is 10.6. The number of nitrogens with zero attached hydrogens (tertiary/aromatic N) is 2. The summed E-state index contributed by atoms with van der Waals surface area (Å²) in [5.41, 5.74) is 1.47. The van der Waals surface area contributed by atoms with Crippen LogP contribution < -0.4 is 19.7 Å². The largest absolute Gasteiger partial charge is 0.497 e. The number of nitrogens with one attached hydrogen (secondary N) is 1. The monoisotopic (exact) mass is 489 g/mol. The van der Waals surface area contributed by atoms with Crippen molar-refractivity contribution < 1.29 is 27.4 Å². The summed E-state index contributed by atoms with van der Waals surface area (Å²) in [6.07, 6.45) is 3.19. The molecule has 1 amide bonds. The zero-order valence-electron chi connectivity index (χ0n) is 19.6. The van der Waals surface area contributed by atoms with Gasteiger partial charge in [-0.1, -0.05) is 0 Å². The number of ether oxygens (including phenoxy) is 3. The average Bonchev–Trinajstić information content (AvgIpc) is 2.89. The Morgan fingerprint density at radius 1 is 0.941 bits per heavy atom. The molecule has 0 atom stereocenters. The first-order valence-electron chi connectivity index (χ1n) is 11.4. The quantitative estimate of drug-likeness (QED) is 0.639. The summed E-state index contributed by atoms with van der Waals surface area (Å²) in [4.78, 5) is 15.8. The van der Waals surface area contributed by atoms with Crippen LogP contribution in [0.25, 0.3) is 0 Å². The zero-order chi connectivity index (χ0) is 24.1. The van der Waals surface area contributed by atoms with E-state index in [0.717, 1.165) is 38.0 Å². The Morgan fingerprint density at radius 3 is 2.35 bits per heavy atom. The maximum atomic E-state index is 13.5. The van der Waals surface area contributed by atoms with Gasteiger partial charge in [0.25, 0.3) is 5.91 Å². The topological polar surface area (TPSA) is 97.4 Å². The van der Waals surface area contributed by atoms with E-state index >= 15 is 0 Å². The predicted octanol–water partition coefficient (Wildman–Crippen LogP) is 2.97. The average molecular weight is 490 g/mol. The molecular weight excluding hydrogens is 458 g/mol. The third-order valence-electron chi connectivity index (χ3n) is 6.17. The van der Waals surface area contributed by atoms with Gasteiger partial charge in [0, 0.05) is 37.9 Å². The summed E-state index contributed by atoms with van der Waals surface area (Å²) in [6, 6.07) is 9.94. The number of carbonyl (C=O) groups is 1. The number of benzene rings is 2. The van der Waals surface area contributed by atoms with Crippen molar-refractivity contribution in [2.24, 2.45) is 0 Å². The first kappa shape index (κ1) is 24.3. The molecule has 10 heteroatoms. The van der Waals surface area contributed by atoms with Crippen molar-refractivity contribution in [2.75, 3.05) is 63.8 Å². The molecule has 0 unspecified atom stereocenters. The summed E-state index contributed by atoms with van der Waals surface area (Å²) >= 11 is 0. The van der Waals surface area contributed by atoms with Gasteiger partial charge >= 0.3 is 0 Å². The fourth-order valence-electron chi connectivity index (χ4n) is 4.31. The van der Waals surface area contributed by atoms with Crippen LogP contribution in [0.3, 0.4) is 0 Å². The minimum atomic E-state index is -3.75. The zero-order valence-corrected chi connectivity index (χ0v) is 20.4. The van der Waals surface area contributed by atoms with Crippen LogP contribution in [0.1, 0.15) is 29.6 Å². The minimum absolute atomic E-state index is 0.0953. The number of morpholine rings is 1. The maximum Gasteiger partial charge on any atom is 0.257 e. The SMILES string of the molecule is COc1ccc(OC)c(NC(=O)c2cc(S(=O)(=O)N3CCOCC3)ccc2N2CCCCC2)c1. The van der Waals surface area contributed by atoms with Crippen LogP contribution in [0.15, 0.2) is 41.3 Å². The second-order valence-electron chi connectivity index (χ2n) is 8.26. The molecule has 0 aliphatic carbocycles. The first-order chi connectivity index (χ1) is 16.4. The Morgan fingerprint density at radius 2 is 1.68 bits per heavy atom. The fourth-order valence-corrected chi connectivity index (χ4v) is 5.74. The highest BCUT2D eigenvalue weighted by Gasteiger charge is 2.29. The van der Waals surface area contributed by atoms with Crippen molar-refractivity contribution in [1.29, 1.82) is 0 Å². The molecule has 0 aromatic heterocycles. The smallest absolute Gasteiger partial charge is 0.257 e. The molecule has 4 rings (SSSR count). The number of hydrogen-bond donors (Lipinski definition) is 1. The van der Waals surface area contributed by atoms with Gasteiger partial charge in [-0.3, -0.25) is 4.79 Å². The molecule has 0 bridgehead atoms. The molecule has 2 aliphatic rings. The van der Waals surface area contributed by atoms with Crippen molar-refractivity contribution >= 4 is 27.3 Å². The van der Waals surface area contributed by atoms with E-state index in [4.69, 9.17) is 14.2 Å². The lowest BCUT2D eigenvalue weighted by atomic mass is 10.1. The van der Waals surface area contributed by atoms with Gasteiger partial charge in [-0.2, -0.15) is 4.31 Å². The summed E-state index contributed by atoms with van der Waals surface area (Å²) < 4.78 is 43.9. The van der Waals surface area contributed by atoms with Crippen molar-refractivity contribution in [3.05, 3.63) is 42.0 Å². The number of carbonyl (C=O) groups excluding carboxylic acids is 1. The van der Waals surface area contributed by atoms with Crippen LogP contribution in [0.4, 0.5) is 11.4 Å². The maximum absolute atomic E-state index is 13.5. The van der Waals surface area contributed by atoms with Gasteiger partial charge in [0.2, 0.25) is 10.0 Å². The highest BCUT2D eigenvalue weighted by atomic mass is 32.2. The van der Waals surface area contributed by atoms with Gasteiger partial charge < -0.3 is 24.4 Å². The van der Waals surface area contributed by atoms with Crippen molar-refractivity contribution in [1.82, 2.24) is 4.31 Å².